The van der Waals surface area contributed by atoms with E-state index in [9.17, 15) is 4.79 Å². The van der Waals surface area contributed by atoms with E-state index >= 15 is 0 Å². The summed E-state index contributed by atoms with van der Waals surface area (Å²) >= 11 is 6.00. The maximum Gasteiger partial charge on any atom is 0.258 e. The monoisotopic (exact) mass is 387 g/mol. The fourth-order valence-electron chi connectivity index (χ4n) is 3.93. The molecule has 0 unspecified atom stereocenters. The van der Waals surface area contributed by atoms with Crippen LogP contribution < -0.4 is 5.56 Å². The quantitative estimate of drug-likeness (QED) is 0.507. The van der Waals surface area contributed by atoms with Crippen molar-refractivity contribution in [3.05, 3.63) is 105 Å². The molecule has 3 heterocycles. The van der Waals surface area contributed by atoms with E-state index in [1.165, 1.54) is 26.7 Å². The molecule has 0 N–H and O–H groups in total. The molecule has 2 aromatic carbocycles. The smallest absolute Gasteiger partial charge is 0.258 e. The van der Waals surface area contributed by atoms with E-state index in [0.29, 0.717) is 17.2 Å². The molecule has 0 fully saturated rings. The van der Waals surface area contributed by atoms with E-state index in [1.54, 1.807) is 24.4 Å². The normalized spacial score (nSPS) is 13.8. The molecule has 0 bridgehead atoms. The number of hydrogen-bond acceptors (Lipinski definition) is 3. The van der Waals surface area contributed by atoms with Crippen molar-refractivity contribution in [1.82, 2.24) is 14.3 Å². The summed E-state index contributed by atoms with van der Waals surface area (Å²) in [6, 6.07) is 22.2. The summed E-state index contributed by atoms with van der Waals surface area (Å²) in [5.41, 5.74) is 6.40. The third kappa shape index (κ3) is 3.11. The summed E-state index contributed by atoms with van der Waals surface area (Å²) < 4.78 is 1.48. The molecule has 2 aromatic heterocycles. The second-order valence-corrected chi connectivity index (χ2v) is 7.56. The lowest BCUT2D eigenvalue weighted by molar-refractivity contribution is 0.247. The minimum atomic E-state index is -0.113. The van der Waals surface area contributed by atoms with E-state index < -0.39 is 0 Å². The molecule has 5 heteroatoms. The highest BCUT2D eigenvalue weighted by molar-refractivity contribution is 6.30. The average molecular weight is 388 g/mol. The van der Waals surface area contributed by atoms with Gasteiger partial charge in [0.25, 0.3) is 5.56 Å². The van der Waals surface area contributed by atoms with E-state index in [2.05, 4.69) is 58.4 Å². The molecule has 4 nitrogen and oxygen atoms in total. The van der Waals surface area contributed by atoms with Crippen molar-refractivity contribution in [2.45, 2.75) is 19.6 Å². The van der Waals surface area contributed by atoms with E-state index in [4.69, 9.17) is 11.6 Å². The number of rotatable bonds is 2. The van der Waals surface area contributed by atoms with Crippen molar-refractivity contribution in [2.24, 2.45) is 0 Å². The lowest BCUT2D eigenvalue weighted by atomic mass is 9.97. The number of fused-ring (bicyclic) bond motifs is 4. The van der Waals surface area contributed by atoms with Crippen LogP contribution >= 0.6 is 11.6 Å². The highest BCUT2D eigenvalue weighted by Crippen LogP contribution is 2.32. The fraction of sp³-hybridized carbons (Fsp3) is 0.130. The van der Waals surface area contributed by atoms with Crippen LogP contribution in [-0.4, -0.2) is 14.3 Å². The molecule has 4 aromatic rings. The largest absolute Gasteiger partial charge is 0.289 e. The molecule has 1 aliphatic heterocycles. The van der Waals surface area contributed by atoms with Crippen LogP contribution in [0.5, 0.6) is 0 Å². The fourth-order valence-corrected chi connectivity index (χ4v) is 4.09. The Labute approximate surface area is 167 Å². The van der Waals surface area contributed by atoms with E-state index in [-0.39, 0.29) is 5.56 Å². The van der Waals surface area contributed by atoms with Crippen LogP contribution in [0.3, 0.4) is 0 Å². The molecular weight excluding hydrogens is 370 g/mol. The van der Waals surface area contributed by atoms with Crippen molar-refractivity contribution < 1.29 is 0 Å². The molecule has 28 heavy (non-hydrogen) atoms. The van der Waals surface area contributed by atoms with Gasteiger partial charge in [-0.05, 0) is 34.4 Å². The van der Waals surface area contributed by atoms with Crippen LogP contribution in [0.2, 0.25) is 5.02 Å². The van der Waals surface area contributed by atoms with Gasteiger partial charge in [-0.25, -0.2) is 4.98 Å². The molecule has 0 aliphatic carbocycles. The Morgan fingerprint density at radius 2 is 1.54 bits per heavy atom. The summed E-state index contributed by atoms with van der Waals surface area (Å²) in [5, 5.41) is 0.518. The first kappa shape index (κ1) is 17.2. The average Bonchev–Trinajstić information content (AvgIpc) is 2.85. The Bertz CT molecular complexity index is 1200. The summed E-state index contributed by atoms with van der Waals surface area (Å²) in [6.45, 7) is 2.23. The van der Waals surface area contributed by atoms with Gasteiger partial charge in [-0.3, -0.25) is 14.1 Å². The number of nitrogens with zero attached hydrogens (tertiary/aromatic N) is 3. The van der Waals surface area contributed by atoms with Gasteiger partial charge in [0.05, 0.1) is 10.7 Å². The molecule has 0 atom stereocenters. The predicted molar refractivity (Wildman–Crippen MR) is 111 cm³/mol. The second-order valence-electron chi connectivity index (χ2n) is 7.12. The molecule has 0 saturated heterocycles. The highest BCUT2D eigenvalue weighted by Gasteiger charge is 2.19. The van der Waals surface area contributed by atoms with E-state index in [0.717, 1.165) is 18.8 Å². The zero-order chi connectivity index (χ0) is 19.1. The lowest BCUT2D eigenvalue weighted by Crippen LogP contribution is -2.24. The van der Waals surface area contributed by atoms with Crippen LogP contribution in [0, 0.1) is 0 Å². The zero-order valence-electron chi connectivity index (χ0n) is 15.2. The van der Waals surface area contributed by atoms with Gasteiger partial charge in [0.15, 0.2) is 0 Å². The number of halogens is 1. The van der Waals surface area contributed by atoms with Gasteiger partial charge in [-0.1, -0.05) is 60.1 Å². The summed E-state index contributed by atoms with van der Waals surface area (Å²) in [4.78, 5) is 19.5. The Kier molecular flexibility index (Phi) is 4.23. The Morgan fingerprint density at radius 1 is 0.893 bits per heavy atom. The minimum Gasteiger partial charge on any atom is -0.289 e. The van der Waals surface area contributed by atoms with Crippen LogP contribution in [0.1, 0.15) is 16.8 Å². The van der Waals surface area contributed by atoms with Gasteiger partial charge in [0, 0.05) is 31.9 Å². The maximum absolute atomic E-state index is 12.5. The van der Waals surface area contributed by atoms with Crippen LogP contribution in [-0.2, 0) is 19.6 Å². The number of aromatic nitrogens is 2. The summed E-state index contributed by atoms with van der Waals surface area (Å²) in [7, 11) is 0. The van der Waals surface area contributed by atoms with Crippen LogP contribution in [0.15, 0.2) is 77.7 Å². The second kappa shape index (κ2) is 6.89. The molecule has 1 aliphatic rings. The predicted octanol–water partition coefficient (Wildman–Crippen LogP) is 4.53. The number of benzene rings is 2. The lowest BCUT2D eigenvalue weighted by Gasteiger charge is -2.20. The van der Waals surface area contributed by atoms with Crippen molar-refractivity contribution in [2.75, 3.05) is 0 Å². The highest BCUT2D eigenvalue weighted by atomic mass is 35.5. The van der Waals surface area contributed by atoms with Gasteiger partial charge < -0.3 is 0 Å². The van der Waals surface area contributed by atoms with Crippen molar-refractivity contribution >= 4 is 17.2 Å². The SMILES string of the molecule is O=c1cc(CN2Cc3ccccc3-c3ccccc3C2)nc2ccc(Cl)cn12. The standard InChI is InChI=1S/C23H18ClN3O/c24-18-9-10-22-25-19(11-23(28)27(22)14-18)15-26-12-16-5-1-3-7-20(16)21-8-4-2-6-17(21)13-26/h1-11,14H,12-13,15H2. The third-order valence-electron chi connectivity index (χ3n) is 5.17. The molecular formula is C23H18ClN3O. The first-order chi connectivity index (χ1) is 13.7. The summed E-state index contributed by atoms with van der Waals surface area (Å²) in [5.74, 6) is 0. The number of hydrogen-bond donors (Lipinski definition) is 0. The first-order valence-corrected chi connectivity index (χ1v) is 9.61. The minimum absolute atomic E-state index is 0.113. The van der Waals surface area contributed by atoms with Crippen LogP contribution in [0.4, 0.5) is 0 Å². The molecule has 0 amide bonds. The molecule has 138 valence electrons. The Hall–Kier alpha value is -2.95. The van der Waals surface area contributed by atoms with Crippen molar-refractivity contribution in [1.29, 1.82) is 0 Å². The maximum atomic E-state index is 12.5. The van der Waals surface area contributed by atoms with Gasteiger partial charge >= 0.3 is 0 Å². The van der Waals surface area contributed by atoms with E-state index in [1.807, 2.05) is 0 Å². The molecule has 0 spiro atoms. The van der Waals surface area contributed by atoms with Crippen LogP contribution in [0.25, 0.3) is 16.8 Å². The van der Waals surface area contributed by atoms with Gasteiger partial charge in [0.1, 0.15) is 5.65 Å². The third-order valence-corrected chi connectivity index (χ3v) is 5.40. The van der Waals surface area contributed by atoms with Gasteiger partial charge in [0.2, 0.25) is 0 Å². The van der Waals surface area contributed by atoms with Crippen molar-refractivity contribution in [3.63, 3.8) is 0 Å². The first-order valence-electron chi connectivity index (χ1n) is 9.24. The van der Waals surface area contributed by atoms with Gasteiger partial charge in [-0.15, -0.1) is 0 Å². The Balaban J connectivity index is 1.54. The topological polar surface area (TPSA) is 37.6 Å². The van der Waals surface area contributed by atoms with Crippen molar-refractivity contribution in [3.8, 4) is 11.1 Å². The summed E-state index contributed by atoms with van der Waals surface area (Å²) in [6.07, 6.45) is 1.61. The Morgan fingerprint density at radius 3 is 2.21 bits per heavy atom. The molecule has 5 rings (SSSR count). The zero-order valence-corrected chi connectivity index (χ0v) is 15.9. The van der Waals surface area contributed by atoms with Gasteiger partial charge in [-0.2, -0.15) is 0 Å². The number of pyridine rings is 1. The molecule has 0 radical (unpaired) electrons. The molecule has 0 saturated carbocycles.